The van der Waals surface area contributed by atoms with E-state index in [2.05, 4.69) is 10.1 Å². The summed E-state index contributed by atoms with van der Waals surface area (Å²) in [5.74, 6) is -1.64. The number of benzene rings is 1. The molecule has 96 valence electrons. The summed E-state index contributed by atoms with van der Waals surface area (Å²) in [5.41, 5.74) is 5.59. The number of esters is 1. The van der Waals surface area contributed by atoms with Gasteiger partial charge in [-0.1, -0.05) is 6.07 Å². The van der Waals surface area contributed by atoms with E-state index in [4.69, 9.17) is 5.73 Å². The molecule has 0 heterocycles. The highest BCUT2D eigenvalue weighted by Crippen LogP contribution is 2.05. The molecule has 18 heavy (non-hydrogen) atoms. The van der Waals surface area contributed by atoms with Crippen molar-refractivity contribution in [2.75, 3.05) is 7.11 Å². The summed E-state index contributed by atoms with van der Waals surface area (Å²) in [6, 6.07) is 5.16. The van der Waals surface area contributed by atoms with Crippen LogP contribution < -0.4 is 11.1 Å². The van der Waals surface area contributed by atoms with Gasteiger partial charge in [0.2, 0.25) is 5.91 Å². The second-order valence-electron chi connectivity index (χ2n) is 3.66. The molecule has 0 aliphatic heterocycles. The number of carbonyl (C=O) groups excluding carboxylic acids is 3. The molecule has 0 radical (unpaired) electrons. The zero-order chi connectivity index (χ0) is 13.7. The van der Waals surface area contributed by atoms with Crippen molar-refractivity contribution >= 4 is 17.8 Å². The molecule has 0 unspecified atom stereocenters. The molecule has 1 atom stereocenters. The van der Waals surface area contributed by atoms with Crippen LogP contribution in [0.15, 0.2) is 24.3 Å². The summed E-state index contributed by atoms with van der Waals surface area (Å²) >= 11 is 0. The first-order valence-corrected chi connectivity index (χ1v) is 5.24. The van der Waals surface area contributed by atoms with Crippen LogP contribution in [0, 0.1) is 0 Å². The van der Waals surface area contributed by atoms with Gasteiger partial charge in [-0.2, -0.15) is 0 Å². The molecule has 1 aromatic carbocycles. The van der Waals surface area contributed by atoms with Gasteiger partial charge in [0, 0.05) is 11.1 Å². The van der Waals surface area contributed by atoms with Crippen molar-refractivity contribution < 1.29 is 19.1 Å². The number of methoxy groups -OCH3 is 1. The first kappa shape index (κ1) is 13.7. The van der Waals surface area contributed by atoms with Crippen molar-refractivity contribution in [3.63, 3.8) is 0 Å². The van der Waals surface area contributed by atoms with Crippen molar-refractivity contribution in [1.29, 1.82) is 0 Å². The molecule has 0 aliphatic rings. The van der Waals surface area contributed by atoms with Crippen LogP contribution in [-0.4, -0.2) is 30.9 Å². The van der Waals surface area contributed by atoms with Crippen molar-refractivity contribution in [3.05, 3.63) is 35.4 Å². The van der Waals surface area contributed by atoms with E-state index in [1.807, 2.05) is 0 Å². The molecule has 0 spiro atoms. The lowest BCUT2D eigenvalue weighted by Crippen LogP contribution is -2.39. The second kappa shape index (κ2) is 5.81. The first-order chi connectivity index (χ1) is 8.45. The number of hydrogen-bond acceptors (Lipinski definition) is 4. The molecule has 0 aliphatic carbocycles. The normalized spacial score (nSPS) is 11.4. The predicted octanol–water partition coefficient (Wildman–Crippen LogP) is 0.0768. The molecule has 0 saturated heterocycles. The minimum atomic E-state index is -0.764. The molecule has 0 bridgehead atoms. The molecule has 6 heteroatoms. The van der Waals surface area contributed by atoms with Crippen LogP contribution >= 0.6 is 0 Å². The van der Waals surface area contributed by atoms with E-state index in [-0.39, 0.29) is 11.1 Å². The van der Waals surface area contributed by atoms with Gasteiger partial charge in [0.15, 0.2) is 0 Å². The third-order valence-corrected chi connectivity index (χ3v) is 2.31. The maximum absolute atomic E-state index is 11.8. The van der Waals surface area contributed by atoms with Crippen molar-refractivity contribution in [2.45, 2.75) is 13.0 Å². The molecule has 1 rings (SSSR count). The van der Waals surface area contributed by atoms with E-state index in [0.717, 1.165) is 0 Å². The minimum Gasteiger partial charge on any atom is -0.467 e. The number of amides is 2. The smallest absolute Gasteiger partial charge is 0.328 e. The van der Waals surface area contributed by atoms with E-state index in [1.54, 1.807) is 0 Å². The minimum absolute atomic E-state index is 0.230. The fraction of sp³-hybridized carbons (Fsp3) is 0.250. The van der Waals surface area contributed by atoms with E-state index in [0.29, 0.717) is 0 Å². The van der Waals surface area contributed by atoms with Gasteiger partial charge in [-0.25, -0.2) is 4.79 Å². The molecular weight excluding hydrogens is 236 g/mol. The number of nitrogens with two attached hydrogens (primary N) is 1. The van der Waals surface area contributed by atoms with Gasteiger partial charge in [0.1, 0.15) is 6.04 Å². The maximum atomic E-state index is 11.8. The molecule has 2 amide bonds. The lowest BCUT2D eigenvalue weighted by Gasteiger charge is -2.11. The van der Waals surface area contributed by atoms with Gasteiger partial charge in [0.25, 0.3) is 5.91 Å². The summed E-state index contributed by atoms with van der Waals surface area (Å²) in [7, 11) is 1.23. The standard InChI is InChI=1S/C12H14N2O4/c1-7(12(17)18-2)14-11(16)9-5-3-4-8(6-9)10(13)15/h3-7H,1-2H3,(H2,13,15)(H,14,16)/t7-/m0/s1. The zero-order valence-electron chi connectivity index (χ0n) is 10.1. The highest BCUT2D eigenvalue weighted by molar-refractivity contribution is 6.00. The van der Waals surface area contributed by atoms with E-state index in [1.165, 1.54) is 38.3 Å². The quantitative estimate of drug-likeness (QED) is 0.739. The first-order valence-electron chi connectivity index (χ1n) is 5.24. The van der Waals surface area contributed by atoms with E-state index < -0.39 is 23.8 Å². The van der Waals surface area contributed by atoms with Gasteiger partial charge in [0.05, 0.1) is 7.11 Å². The van der Waals surface area contributed by atoms with Crippen LogP contribution in [0.4, 0.5) is 0 Å². The third-order valence-electron chi connectivity index (χ3n) is 2.31. The van der Waals surface area contributed by atoms with Gasteiger partial charge in [-0.15, -0.1) is 0 Å². The van der Waals surface area contributed by atoms with E-state index in [9.17, 15) is 14.4 Å². The fourth-order valence-corrected chi connectivity index (χ4v) is 1.33. The second-order valence-corrected chi connectivity index (χ2v) is 3.66. The van der Waals surface area contributed by atoms with Crippen molar-refractivity contribution in [3.8, 4) is 0 Å². The van der Waals surface area contributed by atoms with Gasteiger partial charge in [-0.3, -0.25) is 9.59 Å². The Bertz CT molecular complexity index is 485. The monoisotopic (exact) mass is 250 g/mol. The van der Waals surface area contributed by atoms with Gasteiger partial charge >= 0.3 is 5.97 Å². The molecule has 0 fully saturated rings. The zero-order valence-corrected chi connectivity index (χ0v) is 10.1. The van der Waals surface area contributed by atoms with Crippen LogP contribution in [0.25, 0.3) is 0 Å². The Balaban J connectivity index is 2.81. The topological polar surface area (TPSA) is 98.5 Å². The Morgan fingerprint density at radius 1 is 1.28 bits per heavy atom. The summed E-state index contributed by atoms with van der Waals surface area (Å²) in [6.45, 7) is 1.50. The lowest BCUT2D eigenvalue weighted by molar-refractivity contribution is -0.142. The SMILES string of the molecule is COC(=O)[C@H](C)NC(=O)c1cccc(C(N)=O)c1. The Morgan fingerprint density at radius 2 is 1.89 bits per heavy atom. The number of nitrogens with one attached hydrogen (secondary N) is 1. The highest BCUT2D eigenvalue weighted by Gasteiger charge is 2.17. The Morgan fingerprint density at radius 3 is 2.44 bits per heavy atom. The van der Waals surface area contributed by atoms with Crippen LogP contribution in [0.3, 0.4) is 0 Å². The highest BCUT2D eigenvalue weighted by atomic mass is 16.5. The average molecular weight is 250 g/mol. The average Bonchev–Trinajstić information content (AvgIpc) is 2.37. The van der Waals surface area contributed by atoms with Crippen molar-refractivity contribution in [1.82, 2.24) is 5.32 Å². The number of ether oxygens (including phenoxy) is 1. The largest absolute Gasteiger partial charge is 0.467 e. The number of rotatable bonds is 4. The molecular formula is C12H14N2O4. The summed E-state index contributed by atoms with van der Waals surface area (Å²) in [5, 5.41) is 2.45. The number of primary amides is 1. The number of hydrogen-bond donors (Lipinski definition) is 2. The van der Waals surface area contributed by atoms with Crippen LogP contribution in [0.2, 0.25) is 0 Å². The predicted molar refractivity (Wildman–Crippen MR) is 63.9 cm³/mol. The summed E-state index contributed by atoms with van der Waals surface area (Å²) < 4.78 is 4.48. The van der Waals surface area contributed by atoms with Crippen LogP contribution in [0.1, 0.15) is 27.6 Å². The van der Waals surface area contributed by atoms with Crippen LogP contribution in [0.5, 0.6) is 0 Å². The molecule has 6 nitrogen and oxygen atoms in total. The van der Waals surface area contributed by atoms with E-state index >= 15 is 0 Å². The Labute approximate surface area is 104 Å². The molecule has 1 aromatic rings. The Kier molecular flexibility index (Phi) is 4.42. The van der Waals surface area contributed by atoms with Gasteiger partial charge in [-0.05, 0) is 25.1 Å². The van der Waals surface area contributed by atoms with Gasteiger partial charge < -0.3 is 15.8 Å². The summed E-state index contributed by atoms with van der Waals surface area (Å²) in [4.78, 5) is 33.9. The summed E-state index contributed by atoms with van der Waals surface area (Å²) in [6.07, 6.45) is 0. The fourth-order valence-electron chi connectivity index (χ4n) is 1.33. The van der Waals surface area contributed by atoms with Crippen LogP contribution in [-0.2, 0) is 9.53 Å². The van der Waals surface area contributed by atoms with Crippen molar-refractivity contribution in [2.24, 2.45) is 5.73 Å². The third kappa shape index (κ3) is 3.31. The molecule has 0 aromatic heterocycles. The molecule has 0 saturated carbocycles. The number of carbonyl (C=O) groups is 3. The lowest BCUT2D eigenvalue weighted by atomic mass is 10.1. The molecule has 3 N–H and O–H groups in total. The Hall–Kier alpha value is -2.37. The maximum Gasteiger partial charge on any atom is 0.328 e.